The summed E-state index contributed by atoms with van der Waals surface area (Å²) in [6, 6.07) is 0.714. The molecule has 2 fully saturated rings. The lowest BCUT2D eigenvalue weighted by molar-refractivity contribution is 0.383. The second kappa shape index (κ2) is 2.64. The van der Waals surface area contributed by atoms with Gasteiger partial charge in [-0.3, -0.25) is 5.32 Å². The highest BCUT2D eigenvalue weighted by molar-refractivity contribution is 8.01. The van der Waals surface area contributed by atoms with Crippen LogP contribution in [0.25, 0.3) is 0 Å². The van der Waals surface area contributed by atoms with Crippen LogP contribution in [0.15, 0.2) is 0 Å². The molecule has 0 aromatic heterocycles. The van der Waals surface area contributed by atoms with E-state index < -0.39 is 0 Å². The first-order chi connectivity index (χ1) is 5.20. The molecule has 11 heavy (non-hydrogen) atoms. The summed E-state index contributed by atoms with van der Waals surface area (Å²) in [6.45, 7) is 4.76. The molecular formula is C8H16N2S. The van der Waals surface area contributed by atoms with Gasteiger partial charge in [0, 0.05) is 24.9 Å². The topological polar surface area (TPSA) is 15.3 Å². The van der Waals surface area contributed by atoms with Gasteiger partial charge in [-0.05, 0) is 20.4 Å². The summed E-state index contributed by atoms with van der Waals surface area (Å²) in [7, 11) is 2.21. The van der Waals surface area contributed by atoms with Gasteiger partial charge in [0.1, 0.15) is 0 Å². The standard InChI is InChI=1S/C8H16N2S/c1-7-5-11-8(9-7)3-4-10(2)6-8/h7,9H,3-6H2,1-2H3. The maximum absolute atomic E-state index is 3.68. The SMILES string of the molecule is CC1CSC2(CCN(C)C2)N1. The number of rotatable bonds is 0. The van der Waals surface area contributed by atoms with Gasteiger partial charge in [0.15, 0.2) is 0 Å². The normalized spacial score (nSPS) is 45.8. The second-order valence-electron chi connectivity index (χ2n) is 3.84. The van der Waals surface area contributed by atoms with Crippen molar-refractivity contribution in [3.63, 3.8) is 0 Å². The van der Waals surface area contributed by atoms with Crippen molar-refractivity contribution in [1.29, 1.82) is 0 Å². The Morgan fingerprint density at radius 1 is 1.64 bits per heavy atom. The lowest BCUT2D eigenvalue weighted by Gasteiger charge is -2.22. The minimum absolute atomic E-state index is 0.425. The van der Waals surface area contributed by atoms with E-state index in [1.807, 2.05) is 0 Å². The fraction of sp³-hybridized carbons (Fsp3) is 1.00. The summed E-state index contributed by atoms with van der Waals surface area (Å²) >= 11 is 2.11. The predicted octanol–water partition coefficient (Wildman–Crippen LogP) is 0.743. The molecule has 0 aromatic rings. The Labute approximate surface area is 72.7 Å². The summed E-state index contributed by atoms with van der Waals surface area (Å²) in [5.41, 5.74) is 0. The van der Waals surface area contributed by atoms with Crippen molar-refractivity contribution in [1.82, 2.24) is 10.2 Å². The average molecular weight is 172 g/mol. The Morgan fingerprint density at radius 2 is 2.45 bits per heavy atom. The van der Waals surface area contributed by atoms with Crippen molar-refractivity contribution in [2.75, 3.05) is 25.9 Å². The number of likely N-dealkylation sites (tertiary alicyclic amines) is 1. The number of likely N-dealkylation sites (N-methyl/N-ethyl adjacent to an activating group) is 1. The molecular weight excluding hydrogens is 156 g/mol. The van der Waals surface area contributed by atoms with Gasteiger partial charge in [0.2, 0.25) is 0 Å². The zero-order valence-electron chi connectivity index (χ0n) is 7.26. The third-order valence-electron chi connectivity index (χ3n) is 2.54. The summed E-state index contributed by atoms with van der Waals surface area (Å²) in [5.74, 6) is 1.29. The minimum Gasteiger partial charge on any atom is -0.304 e. The van der Waals surface area contributed by atoms with Crippen molar-refractivity contribution < 1.29 is 0 Å². The van der Waals surface area contributed by atoms with Crippen LogP contribution >= 0.6 is 11.8 Å². The van der Waals surface area contributed by atoms with Crippen LogP contribution in [-0.4, -0.2) is 41.7 Å². The molecule has 1 spiro atoms. The van der Waals surface area contributed by atoms with Gasteiger partial charge in [0.05, 0.1) is 4.87 Å². The Morgan fingerprint density at radius 3 is 2.91 bits per heavy atom. The van der Waals surface area contributed by atoms with Gasteiger partial charge in [0.25, 0.3) is 0 Å². The number of nitrogens with one attached hydrogen (secondary N) is 1. The van der Waals surface area contributed by atoms with Crippen LogP contribution in [0.2, 0.25) is 0 Å². The highest BCUT2D eigenvalue weighted by Gasteiger charge is 2.41. The molecule has 1 N–H and O–H groups in total. The summed E-state index contributed by atoms with van der Waals surface area (Å²) in [6.07, 6.45) is 1.32. The van der Waals surface area contributed by atoms with Gasteiger partial charge in [-0.2, -0.15) is 0 Å². The Hall–Kier alpha value is 0.270. The summed E-state index contributed by atoms with van der Waals surface area (Å²) in [5, 5.41) is 3.68. The molecule has 2 aliphatic heterocycles. The Balaban J connectivity index is 2.02. The molecule has 64 valence electrons. The van der Waals surface area contributed by atoms with E-state index >= 15 is 0 Å². The van der Waals surface area contributed by atoms with Crippen LogP contribution in [0.5, 0.6) is 0 Å². The van der Waals surface area contributed by atoms with Crippen LogP contribution in [0.1, 0.15) is 13.3 Å². The van der Waals surface area contributed by atoms with Crippen molar-refractivity contribution >= 4 is 11.8 Å². The fourth-order valence-electron chi connectivity index (χ4n) is 2.02. The first-order valence-electron chi connectivity index (χ1n) is 4.30. The molecule has 2 aliphatic rings. The van der Waals surface area contributed by atoms with Gasteiger partial charge in [-0.25, -0.2) is 0 Å². The van der Waals surface area contributed by atoms with Crippen molar-refractivity contribution in [3.8, 4) is 0 Å². The number of hydrogen-bond acceptors (Lipinski definition) is 3. The number of nitrogens with zero attached hydrogens (tertiary/aromatic N) is 1. The molecule has 0 saturated carbocycles. The van der Waals surface area contributed by atoms with Gasteiger partial charge < -0.3 is 4.90 Å². The Kier molecular flexibility index (Phi) is 1.90. The van der Waals surface area contributed by atoms with E-state index in [0.717, 1.165) is 0 Å². The molecule has 2 saturated heterocycles. The van der Waals surface area contributed by atoms with Gasteiger partial charge >= 0.3 is 0 Å². The van der Waals surface area contributed by atoms with Crippen LogP contribution in [0, 0.1) is 0 Å². The lowest BCUT2D eigenvalue weighted by Crippen LogP contribution is -2.42. The van der Waals surface area contributed by atoms with Crippen LogP contribution in [-0.2, 0) is 0 Å². The molecule has 2 rings (SSSR count). The molecule has 3 heteroatoms. The van der Waals surface area contributed by atoms with Crippen LogP contribution < -0.4 is 5.32 Å². The number of hydrogen-bond donors (Lipinski definition) is 1. The molecule has 2 unspecified atom stereocenters. The molecule has 2 heterocycles. The Bertz CT molecular complexity index is 142. The molecule has 2 nitrogen and oxygen atoms in total. The van der Waals surface area contributed by atoms with Crippen LogP contribution in [0.3, 0.4) is 0 Å². The number of thioether (sulfide) groups is 1. The molecule has 0 amide bonds. The van der Waals surface area contributed by atoms with E-state index in [9.17, 15) is 0 Å². The fourth-order valence-corrected chi connectivity index (χ4v) is 3.50. The van der Waals surface area contributed by atoms with Crippen molar-refractivity contribution in [2.45, 2.75) is 24.3 Å². The molecule has 0 bridgehead atoms. The first-order valence-corrected chi connectivity index (χ1v) is 5.29. The third kappa shape index (κ3) is 1.42. The smallest absolute Gasteiger partial charge is 0.0788 e. The maximum atomic E-state index is 3.68. The highest BCUT2D eigenvalue weighted by atomic mass is 32.2. The zero-order chi connectivity index (χ0) is 7.90. The van der Waals surface area contributed by atoms with Crippen LogP contribution in [0.4, 0.5) is 0 Å². The quantitative estimate of drug-likeness (QED) is 0.580. The maximum Gasteiger partial charge on any atom is 0.0788 e. The van der Waals surface area contributed by atoms with E-state index in [1.165, 1.54) is 25.3 Å². The minimum atomic E-state index is 0.425. The van der Waals surface area contributed by atoms with E-state index in [0.29, 0.717) is 10.9 Å². The molecule has 0 radical (unpaired) electrons. The third-order valence-corrected chi connectivity index (χ3v) is 4.21. The molecule has 2 atom stereocenters. The van der Waals surface area contributed by atoms with E-state index in [4.69, 9.17) is 0 Å². The van der Waals surface area contributed by atoms with E-state index in [1.54, 1.807) is 0 Å². The zero-order valence-corrected chi connectivity index (χ0v) is 8.08. The highest BCUT2D eigenvalue weighted by Crippen LogP contribution is 2.37. The van der Waals surface area contributed by atoms with E-state index in [-0.39, 0.29) is 0 Å². The van der Waals surface area contributed by atoms with Gasteiger partial charge in [-0.15, -0.1) is 11.8 Å². The first kappa shape index (κ1) is 7.90. The largest absolute Gasteiger partial charge is 0.304 e. The molecule has 0 aromatic carbocycles. The van der Waals surface area contributed by atoms with E-state index in [2.05, 4.69) is 35.9 Å². The van der Waals surface area contributed by atoms with Crippen molar-refractivity contribution in [2.24, 2.45) is 0 Å². The van der Waals surface area contributed by atoms with Gasteiger partial charge in [-0.1, -0.05) is 0 Å². The van der Waals surface area contributed by atoms with Crippen molar-refractivity contribution in [3.05, 3.63) is 0 Å². The summed E-state index contributed by atoms with van der Waals surface area (Å²) in [4.78, 5) is 2.84. The summed E-state index contributed by atoms with van der Waals surface area (Å²) < 4.78 is 0. The predicted molar refractivity (Wildman–Crippen MR) is 49.9 cm³/mol. The lowest BCUT2D eigenvalue weighted by atomic mass is 10.2. The monoisotopic (exact) mass is 172 g/mol. The average Bonchev–Trinajstić information content (AvgIpc) is 2.44. The molecule has 0 aliphatic carbocycles. The second-order valence-corrected chi connectivity index (χ2v) is 5.24.